The number of hydrogen-bond acceptors (Lipinski definition) is 2. The number of aryl methyl sites for hydroxylation is 1. The van der Waals surface area contributed by atoms with E-state index in [2.05, 4.69) is 17.9 Å². The highest BCUT2D eigenvalue weighted by Crippen LogP contribution is 2.25. The molecule has 2 rings (SSSR count). The molecule has 2 heteroatoms. The van der Waals surface area contributed by atoms with Crippen molar-refractivity contribution in [1.82, 2.24) is 0 Å². The molecule has 2 nitrogen and oxygen atoms in total. The van der Waals surface area contributed by atoms with E-state index in [-0.39, 0.29) is 6.61 Å². The quantitative estimate of drug-likeness (QED) is 0.828. The third kappa shape index (κ3) is 3.51. The van der Waals surface area contributed by atoms with Crippen molar-refractivity contribution >= 4 is 0 Å². The summed E-state index contributed by atoms with van der Waals surface area (Å²) in [5.74, 6) is 6.96. The van der Waals surface area contributed by atoms with Gasteiger partial charge in [0.25, 0.3) is 0 Å². The van der Waals surface area contributed by atoms with Crippen molar-refractivity contribution in [1.29, 1.82) is 0 Å². The summed E-state index contributed by atoms with van der Waals surface area (Å²) in [7, 11) is 0. The molecule has 1 fully saturated rings. The van der Waals surface area contributed by atoms with Crippen LogP contribution in [-0.4, -0.2) is 17.8 Å². The minimum Gasteiger partial charge on any atom is -0.490 e. The number of rotatable bonds is 3. The Kier molecular flexibility index (Phi) is 4.66. The van der Waals surface area contributed by atoms with Crippen molar-refractivity contribution in [2.45, 2.75) is 45.1 Å². The van der Waals surface area contributed by atoms with Gasteiger partial charge in [0.05, 0.1) is 12.7 Å². The molecule has 1 aliphatic rings. The number of ether oxygens (including phenoxy) is 1. The molecule has 96 valence electrons. The topological polar surface area (TPSA) is 29.5 Å². The van der Waals surface area contributed by atoms with Gasteiger partial charge in [-0.2, -0.15) is 0 Å². The maximum absolute atomic E-state index is 8.69. The zero-order valence-corrected chi connectivity index (χ0v) is 10.9. The number of benzene rings is 1. The van der Waals surface area contributed by atoms with Crippen LogP contribution in [0.4, 0.5) is 0 Å². The maximum atomic E-state index is 8.69. The van der Waals surface area contributed by atoms with Gasteiger partial charge < -0.3 is 9.84 Å². The van der Waals surface area contributed by atoms with Crippen LogP contribution in [0, 0.1) is 18.8 Å². The summed E-state index contributed by atoms with van der Waals surface area (Å²) in [5.41, 5.74) is 2.15. The lowest BCUT2D eigenvalue weighted by atomic mass is 10.1. The van der Waals surface area contributed by atoms with Gasteiger partial charge in [-0.05, 0) is 56.4 Å². The molecule has 0 unspecified atom stereocenters. The zero-order valence-electron chi connectivity index (χ0n) is 10.9. The lowest BCUT2D eigenvalue weighted by Gasteiger charge is -2.13. The van der Waals surface area contributed by atoms with Gasteiger partial charge in [0.2, 0.25) is 0 Å². The molecule has 0 bridgehead atoms. The summed E-state index contributed by atoms with van der Waals surface area (Å²) in [6.07, 6.45) is 5.85. The molecule has 1 aliphatic carbocycles. The monoisotopic (exact) mass is 244 g/mol. The van der Waals surface area contributed by atoms with Gasteiger partial charge in [-0.15, -0.1) is 0 Å². The van der Waals surface area contributed by atoms with Gasteiger partial charge in [0.15, 0.2) is 0 Å². The molecule has 0 saturated heterocycles. The zero-order chi connectivity index (χ0) is 12.8. The van der Waals surface area contributed by atoms with Gasteiger partial charge in [0, 0.05) is 12.0 Å². The molecular weight excluding hydrogens is 224 g/mol. The first-order valence-electron chi connectivity index (χ1n) is 6.66. The summed E-state index contributed by atoms with van der Waals surface area (Å²) in [5, 5.41) is 8.69. The molecule has 1 N–H and O–H groups in total. The van der Waals surface area contributed by atoms with Crippen molar-refractivity contribution in [3.05, 3.63) is 29.3 Å². The van der Waals surface area contributed by atoms with E-state index in [0.29, 0.717) is 12.5 Å². The SMILES string of the molecule is Cc1cc(OC2CCCC2)ccc1C#CCCO. The Balaban J connectivity index is 2.02. The van der Waals surface area contributed by atoms with Gasteiger partial charge in [-0.25, -0.2) is 0 Å². The Hall–Kier alpha value is -1.46. The van der Waals surface area contributed by atoms with E-state index in [1.165, 1.54) is 25.7 Å². The first-order chi connectivity index (χ1) is 8.79. The van der Waals surface area contributed by atoms with Crippen LogP contribution in [0.1, 0.15) is 43.2 Å². The van der Waals surface area contributed by atoms with Crippen LogP contribution in [-0.2, 0) is 0 Å². The average molecular weight is 244 g/mol. The van der Waals surface area contributed by atoms with Crippen LogP contribution >= 0.6 is 0 Å². The second kappa shape index (κ2) is 6.47. The van der Waals surface area contributed by atoms with E-state index >= 15 is 0 Å². The Morgan fingerprint density at radius 2 is 2.11 bits per heavy atom. The minimum absolute atomic E-state index is 0.120. The van der Waals surface area contributed by atoms with E-state index in [1.807, 2.05) is 19.1 Å². The Morgan fingerprint density at radius 1 is 1.33 bits per heavy atom. The van der Waals surface area contributed by atoms with Crippen LogP contribution in [0.25, 0.3) is 0 Å². The molecule has 0 aliphatic heterocycles. The first kappa shape index (κ1) is 13.0. The van der Waals surface area contributed by atoms with Gasteiger partial charge in [-0.3, -0.25) is 0 Å². The van der Waals surface area contributed by atoms with Gasteiger partial charge in [0.1, 0.15) is 5.75 Å². The lowest BCUT2D eigenvalue weighted by Crippen LogP contribution is -2.10. The van der Waals surface area contributed by atoms with Crippen LogP contribution < -0.4 is 4.74 Å². The number of hydrogen-bond donors (Lipinski definition) is 1. The third-order valence-corrected chi connectivity index (χ3v) is 3.26. The van der Waals surface area contributed by atoms with Crippen molar-refractivity contribution in [2.75, 3.05) is 6.61 Å². The van der Waals surface area contributed by atoms with E-state index < -0.39 is 0 Å². The summed E-state index contributed by atoms with van der Waals surface area (Å²) >= 11 is 0. The van der Waals surface area contributed by atoms with Crippen molar-refractivity contribution < 1.29 is 9.84 Å². The van der Waals surface area contributed by atoms with Crippen LogP contribution in [0.3, 0.4) is 0 Å². The molecule has 0 spiro atoms. The summed E-state index contributed by atoms with van der Waals surface area (Å²) in [4.78, 5) is 0. The maximum Gasteiger partial charge on any atom is 0.120 e. The summed E-state index contributed by atoms with van der Waals surface area (Å²) < 4.78 is 5.95. The molecule has 0 radical (unpaired) electrons. The smallest absolute Gasteiger partial charge is 0.120 e. The molecule has 0 atom stereocenters. The third-order valence-electron chi connectivity index (χ3n) is 3.26. The molecule has 1 saturated carbocycles. The van der Waals surface area contributed by atoms with Crippen molar-refractivity contribution in [3.8, 4) is 17.6 Å². The summed E-state index contributed by atoms with van der Waals surface area (Å²) in [6.45, 7) is 2.17. The van der Waals surface area contributed by atoms with Gasteiger partial charge in [-0.1, -0.05) is 11.8 Å². The second-order valence-corrected chi connectivity index (χ2v) is 4.78. The van der Waals surface area contributed by atoms with Crippen LogP contribution in [0.15, 0.2) is 18.2 Å². The standard InChI is InChI=1S/C16H20O2/c1-13-12-16(18-15-7-2-3-8-15)10-9-14(13)6-4-5-11-17/h9-10,12,15,17H,2-3,5,7-8,11H2,1H3. The first-order valence-corrected chi connectivity index (χ1v) is 6.66. The lowest BCUT2D eigenvalue weighted by molar-refractivity contribution is 0.210. The molecule has 0 heterocycles. The highest BCUT2D eigenvalue weighted by Gasteiger charge is 2.16. The van der Waals surface area contributed by atoms with Gasteiger partial charge >= 0.3 is 0 Å². The minimum atomic E-state index is 0.120. The normalized spacial score (nSPS) is 15.2. The van der Waals surface area contributed by atoms with E-state index in [4.69, 9.17) is 9.84 Å². The Morgan fingerprint density at radius 3 is 2.78 bits per heavy atom. The van der Waals surface area contributed by atoms with E-state index in [9.17, 15) is 0 Å². The highest BCUT2D eigenvalue weighted by atomic mass is 16.5. The fraction of sp³-hybridized carbons (Fsp3) is 0.500. The van der Waals surface area contributed by atoms with Crippen LogP contribution in [0.2, 0.25) is 0 Å². The molecule has 0 aromatic heterocycles. The molecular formula is C16H20O2. The molecule has 1 aromatic rings. The number of aliphatic hydroxyl groups excluding tert-OH is 1. The second-order valence-electron chi connectivity index (χ2n) is 4.78. The molecule has 0 amide bonds. The fourth-order valence-electron chi connectivity index (χ4n) is 2.26. The van der Waals surface area contributed by atoms with Crippen molar-refractivity contribution in [2.24, 2.45) is 0 Å². The Labute approximate surface area is 109 Å². The molecule has 18 heavy (non-hydrogen) atoms. The van der Waals surface area contributed by atoms with Crippen molar-refractivity contribution in [3.63, 3.8) is 0 Å². The van der Waals surface area contributed by atoms with Crippen LogP contribution in [0.5, 0.6) is 5.75 Å². The highest BCUT2D eigenvalue weighted by molar-refractivity contribution is 5.44. The summed E-state index contributed by atoms with van der Waals surface area (Å²) in [6, 6.07) is 6.06. The number of aliphatic hydroxyl groups is 1. The largest absolute Gasteiger partial charge is 0.490 e. The fourth-order valence-corrected chi connectivity index (χ4v) is 2.26. The van der Waals surface area contributed by atoms with E-state index in [0.717, 1.165) is 16.9 Å². The Bertz CT molecular complexity index is 448. The molecule has 1 aromatic carbocycles. The average Bonchev–Trinajstić information content (AvgIpc) is 2.85. The van der Waals surface area contributed by atoms with E-state index in [1.54, 1.807) is 0 Å². The predicted octanol–water partition coefficient (Wildman–Crippen LogP) is 3.05. The predicted molar refractivity (Wildman–Crippen MR) is 72.6 cm³/mol.